The van der Waals surface area contributed by atoms with Gasteiger partial charge in [0, 0.05) is 38.0 Å². The van der Waals surface area contributed by atoms with Gasteiger partial charge in [0.2, 0.25) is 21.8 Å². The highest BCUT2D eigenvalue weighted by Crippen LogP contribution is 2.29. The Balaban J connectivity index is 1.35. The van der Waals surface area contributed by atoms with E-state index in [-0.39, 0.29) is 30.4 Å². The minimum Gasteiger partial charge on any atom is -0.390 e. The van der Waals surface area contributed by atoms with Crippen LogP contribution >= 0.6 is 11.3 Å². The number of aromatic nitrogens is 1. The summed E-state index contributed by atoms with van der Waals surface area (Å²) < 4.78 is 28.2. The number of carbonyl (C=O) groups is 2. The second kappa shape index (κ2) is 18.5. The number of piperazine rings is 1. The Labute approximate surface area is 290 Å². The zero-order chi connectivity index (χ0) is 34.7. The molecule has 2 aromatic rings. The van der Waals surface area contributed by atoms with Gasteiger partial charge < -0.3 is 25.7 Å². The molecule has 0 unspecified atom stereocenters. The van der Waals surface area contributed by atoms with Crippen LogP contribution in [0.3, 0.4) is 0 Å². The average molecular weight is 706 g/mol. The summed E-state index contributed by atoms with van der Waals surface area (Å²) in [7, 11) is -1.70. The van der Waals surface area contributed by atoms with Gasteiger partial charge in [0.1, 0.15) is 6.10 Å². The molecule has 4 atom stereocenters. The van der Waals surface area contributed by atoms with Crippen LogP contribution in [0.4, 0.5) is 5.13 Å². The lowest BCUT2D eigenvalue weighted by atomic mass is 9.82. The highest BCUT2D eigenvalue weighted by molar-refractivity contribution is 7.89. The van der Waals surface area contributed by atoms with Gasteiger partial charge in [0.15, 0.2) is 5.13 Å². The maximum Gasteiger partial charge on any atom is 0.230 e. The van der Waals surface area contributed by atoms with E-state index in [9.17, 15) is 28.2 Å². The largest absolute Gasteiger partial charge is 0.390 e. The zero-order valence-electron chi connectivity index (χ0n) is 28.7. The number of carbonyl (C=O) groups excluding carboxylic acids is 2. The number of nitrogens with one attached hydrogen (secondary N) is 2. The molecule has 1 aliphatic heterocycles. The summed E-state index contributed by atoms with van der Waals surface area (Å²) in [4.78, 5) is 33.2. The minimum atomic E-state index is -3.66. The van der Waals surface area contributed by atoms with Crippen molar-refractivity contribution < 1.29 is 28.2 Å². The van der Waals surface area contributed by atoms with Crippen molar-refractivity contribution in [2.45, 2.75) is 96.3 Å². The van der Waals surface area contributed by atoms with E-state index in [1.54, 1.807) is 5.38 Å². The number of aliphatic hydroxyl groups is 2. The predicted molar refractivity (Wildman–Crippen MR) is 190 cm³/mol. The number of nitrogens with zero attached hydrogens (tertiary/aromatic N) is 3. The van der Waals surface area contributed by atoms with Crippen LogP contribution < -0.4 is 10.6 Å². The van der Waals surface area contributed by atoms with E-state index in [2.05, 4.69) is 20.5 Å². The Kier molecular flexibility index (Phi) is 14.8. The van der Waals surface area contributed by atoms with Crippen LogP contribution in [0, 0.1) is 17.8 Å². The van der Waals surface area contributed by atoms with Gasteiger partial charge in [-0.15, -0.1) is 11.3 Å². The number of hydrogen-bond acceptors (Lipinski definition) is 9. The first kappa shape index (κ1) is 38.4. The lowest BCUT2D eigenvalue weighted by Crippen LogP contribution is -2.50. The van der Waals surface area contributed by atoms with Crippen LogP contribution in [0.25, 0.3) is 0 Å². The van der Waals surface area contributed by atoms with E-state index in [1.807, 2.05) is 51.2 Å². The van der Waals surface area contributed by atoms with Gasteiger partial charge in [0.25, 0.3) is 0 Å². The van der Waals surface area contributed by atoms with Crippen molar-refractivity contribution >= 4 is 38.3 Å². The maximum atomic E-state index is 13.5. The average Bonchev–Trinajstić information content (AvgIpc) is 3.50. The van der Waals surface area contributed by atoms with Crippen LogP contribution in [0.15, 0.2) is 35.7 Å². The SMILES string of the molecule is CC(C)C[C@H](O)[C@H](O)[C@H](CC1CCCCC1)NC(=O)CCc1csc(NC(=O)[C@H](Cc2ccccc2)CS(=O)(=O)N2CCN(C)CC2)n1. The van der Waals surface area contributed by atoms with Gasteiger partial charge in [-0.1, -0.05) is 76.3 Å². The molecule has 2 amide bonds. The van der Waals surface area contributed by atoms with Crippen molar-refractivity contribution in [1.82, 2.24) is 19.5 Å². The smallest absolute Gasteiger partial charge is 0.230 e. The fourth-order valence-corrected chi connectivity index (χ4v) is 9.17. The molecule has 1 saturated carbocycles. The molecule has 0 bridgehead atoms. The molecule has 11 nitrogen and oxygen atoms in total. The minimum absolute atomic E-state index is 0.144. The monoisotopic (exact) mass is 705 g/mol. The standard InChI is InChI=1S/C35H55N5O6S2/c1-25(2)20-31(41)33(43)30(22-27-12-8-5-9-13-27)37-32(42)15-14-29-23-47-35(36-29)38-34(44)28(21-26-10-6-4-7-11-26)24-48(45,46)40-18-16-39(3)17-19-40/h4,6-7,10-11,23,25,27-28,30-31,33,41,43H,5,8-9,12-22,24H2,1-3H3,(H,37,42)(H,36,38,44)/t28-,30+,31+,33-/m1/s1. The Morgan fingerprint density at radius 3 is 2.40 bits per heavy atom. The van der Waals surface area contributed by atoms with E-state index >= 15 is 0 Å². The van der Waals surface area contributed by atoms with Crippen molar-refractivity contribution in [1.29, 1.82) is 0 Å². The van der Waals surface area contributed by atoms with Gasteiger partial charge in [-0.3, -0.25) is 9.59 Å². The molecule has 48 heavy (non-hydrogen) atoms. The second-order valence-corrected chi connectivity index (χ2v) is 17.0. The summed E-state index contributed by atoms with van der Waals surface area (Å²) in [6.45, 7) is 6.10. The lowest BCUT2D eigenvalue weighted by Gasteiger charge is -2.32. The van der Waals surface area contributed by atoms with E-state index < -0.39 is 40.1 Å². The molecule has 2 aliphatic rings. The molecule has 1 saturated heterocycles. The second-order valence-electron chi connectivity index (χ2n) is 14.1. The molecule has 1 aromatic heterocycles. The highest BCUT2D eigenvalue weighted by atomic mass is 32.2. The molecular formula is C35H55N5O6S2. The molecule has 268 valence electrons. The molecule has 0 spiro atoms. The molecule has 13 heteroatoms. The van der Waals surface area contributed by atoms with Gasteiger partial charge in [-0.05, 0) is 50.1 Å². The quantitative estimate of drug-likeness (QED) is 0.195. The lowest BCUT2D eigenvalue weighted by molar-refractivity contribution is -0.124. The Hall–Kier alpha value is -2.42. The van der Waals surface area contributed by atoms with Crippen LogP contribution in [-0.2, 0) is 32.5 Å². The first-order chi connectivity index (χ1) is 22.9. The number of hydrogen-bond donors (Lipinski definition) is 4. The summed E-state index contributed by atoms with van der Waals surface area (Å²) in [6, 6.07) is 8.87. The summed E-state index contributed by atoms with van der Waals surface area (Å²) in [5, 5.41) is 29.7. The van der Waals surface area contributed by atoms with Gasteiger partial charge in [0.05, 0.1) is 29.5 Å². The first-order valence-electron chi connectivity index (χ1n) is 17.5. The third-order valence-electron chi connectivity index (χ3n) is 9.53. The number of anilines is 1. The van der Waals surface area contributed by atoms with E-state index in [0.29, 0.717) is 62.2 Å². The Morgan fingerprint density at radius 2 is 1.73 bits per heavy atom. The third kappa shape index (κ3) is 12.2. The van der Waals surface area contributed by atoms with Crippen LogP contribution in [0.1, 0.15) is 76.5 Å². The van der Waals surface area contributed by atoms with E-state index in [0.717, 1.165) is 31.2 Å². The van der Waals surface area contributed by atoms with Gasteiger partial charge >= 0.3 is 0 Å². The summed E-state index contributed by atoms with van der Waals surface area (Å²) in [5.41, 5.74) is 1.51. The number of benzene rings is 1. The summed E-state index contributed by atoms with van der Waals surface area (Å²) >= 11 is 1.24. The van der Waals surface area contributed by atoms with Crippen molar-refractivity contribution in [3.63, 3.8) is 0 Å². The number of rotatable bonds is 17. The number of sulfonamides is 1. The van der Waals surface area contributed by atoms with Gasteiger partial charge in [-0.2, -0.15) is 4.31 Å². The van der Waals surface area contributed by atoms with E-state index in [4.69, 9.17) is 0 Å². The van der Waals surface area contributed by atoms with Crippen LogP contribution in [-0.4, -0.2) is 102 Å². The molecular weight excluding hydrogens is 651 g/mol. The fraction of sp³-hybridized carbons (Fsp3) is 0.686. The normalized spacial score (nSPS) is 19.5. The van der Waals surface area contributed by atoms with Crippen molar-refractivity contribution in [2.24, 2.45) is 17.8 Å². The molecule has 2 fully saturated rings. The molecule has 2 heterocycles. The molecule has 1 aromatic carbocycles. The third-order valence-corrected chi connectivity index (χ3v) is 12.3. The molecule has 1 aliphatic carbocycles. The van der Waals surface area contributed by atoms with E-state index in [1.165, 1.54) is 22.1 Å². The topological polar surface area (TPSA) is 152 Å². The number of aliphatic hydroxyl groups excluding tert-OH is 2. The first-order valence-corrected chi connectivity index (χ1v) is 20.0. The Bertz CT molecular complexity index is 1390. The fourth-order valence-electron chi connectivity index (χ4n) is 6.72. The highest BCUT2D eigenvalue weighted by Gasteiger charge is 2.33. The maximum absolute atomic E-state index is 13.5. The van der Waals surface area contributed by atoms with Crippen molar-refractivity contribution in [2.75, 3.05) is 44.3 Å². The molecule has 4 N–H and O–H groups in total. The van der Waals surface area contributed by atoms with Gasteiger partial charge in [-0.25, -0.2) is 13.4 Å². The number of likely N-dealkylation sites (N-methyl/N-ethyl adjacent to an activating group) is 1. The van der Waals surface area contributed by atoms with Crippen LogP contribution in [0.2, 0.25) is 0 Å². The zero-order valence-corrected chi connectivity index (χ0v) is 30.4. The molecule has 0 radical (unpaired) electrons. The van der Waals surface area contributed by atoms with Crippen LogP contribution in [0.5, 0.6) is 0 Å². The Morgan fingerprint density at radius 1 is 1.04 bits per heavy atom. The summed E-state index contributed by atoms with van der Waals surface area (Å²) in [5.74, 6) is -1.10. The number of amides is 2. The van der Waals surface area contributed by atoms with Crippen molar-refractivity contribution in [3.8, 4) is 0 Å². The molecule has 4 rings (SSSR count). The predicted octanol–water partition coefficient (Wildman–Crippen LogP) is 3.67. The summed E-state index contributed by atoms with van der Waals surface area (Å²) in [6.07, 6.45) is 5.56. The van der Waals surface area contributed by atoms with Crippen molar-refractivity contribution in [3.05, 3.63) is 47.0 Å². The number of thiazole rings is 1. The number of aryl methyl sites for hydroxylation is 1.